The Morgan fingerprint density at radius 1 is 1.17 bits per heavy atom. The lowest BCUT2D eigenvalue weighted by atomic mass is 9.72. The minimum absolute atomic E-state index is 0.0574. The third kappa shape index (κ3) is 4.13. The first kappa shape index (κ1) is 22.4. The molecule has 11 heteroatoms. The smallest absolute Gasteiger partial charge is 0.369 e. The number of primary amides is 1. The molecule has 1 aliphatic heterocycles. The van der Waals surface area contributed by atoms with E-state index < -0.39 is 34.1 Å². The van der Waals surface area contributed by atoms with Gasteiger partial charge in [-0.25, -0.2) is 0 Å². The maximum absolute atomic E-state index is 13.0. The fraction of sp³-hybridized carbons (Fsp3) is 0.421. The highest BCUT2D eigenvalue weighted by Gasteiger charge is 2.43. The van der Waals surface area contributed by atoms with Crippen molar-refractivity contribution in [2.24, 2.45) is 5.73 Å². The van der Waals surface area contributed by atoms with Crippen molar-refractivity contribution in [3.8, 4) is 0 Å². The average molecular weight is 463 g/mol. The van der Waals surface area contributed by atoms with Crippen LogP contribution in [0.25, 0.3) is 0 Å². The molecular formula is C19H19Cl2F3N4O2. The summed E-state index contributed by atoms with van der Waals surface area (Å²) >= 11 is 11.6. The van der Waals surface area contributed by atoms with Gasteiger partial charge in [0.15, 0.2) is 5.69 Å². The molecule has 0 unspecified atom stereocenters. The number of amides is 2. The maximum atomic E-state index is 13.0. The van der Waals surface area contributed by atoms with Gasteiger partial charge in [-0.15, -0.1) is 0 Å². The van der Waals surface area contributed by atoms with Crippen molar-refractivity contribution in [1.82, 2.24) is 14.7 Å². The minimum Gasteiger partial charge on any atom is -0.369 e. The van der Waals surface area contributed by atoms with Crippen LogP contribution in [-0.2, 0) is 27.7 Å². The average Bonchev–Trinajstić information content (AvgIpc) is 2.97. The second-order valence-corrected chi connectivity index (χ2v) is 8.05. The van der Waals surface area contributed by atoms with E-state index >= 15 is 0 Å². The lowest BCUT2D eigenvalue weighted by Gasteiger charge is -2.40. The summed E-state index contributed by atoms with van der Waals surface area (Å²) in [6, 6.07) is 6.81. The van der Waals surface area contributed by atoms with Gasteiger partial charge in [-0.2, -0.15) is 18.3 Å². The predicted molar refractivity (Wildman–Crippen MR) is 105 cm³/mol. The molecule has 3 rings (SSSR count). The molecule has 1 fully saturated rings. The van der Waals surface area contributed by atoms with Crippen molar-refractivity contribution in [2.75, 3.05) is 13.1 Å². The highest BCUT2D eigenvalue weighted by molar-refractivity contribution is 6.32. The van der Waals surface area contributed by atoms with E-state index in [1.807, 2.05) is 0 Å². The first-order valence-electron chi connectivity index (χ1n) is 9.09. The van der Waals surface area contributed by atoms with Crippen LogP contribution in [0.4, 0.5) is 13.2 Å². The number of hydrogen-bond donors (Lipinski definition) is 1. The fourth-order valence-corrected chi connectivity index (χ4v) is 4.04. The lowest BCUT2D eigenvalue weighted by Crippen LogP contribution is -2.52. The number of nitrogens with zero attached hydrogens (tertiary/aromatic N) is 3. The third-order valence-corrected chi connectivity index (χ3v) is 6.23. The van der Waals surface area contributed by atoms with E-state index in [-0.39, 0.29) is 25.3 Å². The first-order valence-corrected chi connectivity index (χ1v) is 9.85. The SMILES string of the molecule is Cc1c(Cl)c(C(F)(F)F)nn1CC(=O)N1CCC(C(N)=O)(c2ccc(Cl)cc2)CC1. The van der Waals surface area contributed by atoms with Gasteiger partial charge in [-0.1, -0.05) is 35.3 Å². The second kappa shape index (κ2) is 8.11. The molecule has 6 nitrogen and oxygen atoms in total. The van der Waals surface area contributed by atoms with Gasteiger partial charge in [0.1, 0.15) is 6.54 Å². The van der Waals surface area contributed by atoms with E-state index in [0.29, 0.717) is 17.9 Å². The summed E-state index contributed by atoms with van der Waals surface area (Å²) < 4.78 is 39.9. The Labute approximate surface area is 180 Å². The van der Waals surface area contributed by atoms with Gasteiger partial charge in [0.05, 0.1) is 16.1 Å². The van der Waals surface area contributed by atoms with Crippen LogP contribution in [0.15, 0.2) is 24.3 Å². The van der Waals surface area contributed by atoms with Crippen molar-refractivity contribution in [1.29, 1.82) is 0 Å². The number of halogens is 5. The topological polar surface area (TPSA) is 81.2 Å². The molecule has 1 saturated heterocycles. The monoisotopic (exact) mass is 462 g/mol. The number of aromatic nitrogens is 2. The summed E-state index contributed by atoms with van der Waals surface area (Å²) in [5, 5.41) is 3.46. The maximum Gasteiger partial charge on any atom is 0.436 e. The zero-order chi connectivity index (χ0) is 22.3. The Kier molecular flexibility index (Phi) is 6.06. The number of rotatable bonds is 4. The molecule has 2 aromatic rings. The number of likely N-dealkylation sites (tertiary alicyclic amines) is 1. The zero-order valence-corrected chi connectivity index (χ0v) is 17.5. The van der Waals surface area contributed by atoms with Gasteiger partial charge in [-0.3, -0.25) is 14.3 Å². The Balaban J connectivity index is 1.74. The Morgan fingerprint density at radius 2 is 1.73 bits per heavy atom. The molecule has 0 bridgehead atoms. The van der Waals surface area contributed by atoms with E-state index in [9.17, 15) is 22.8 Å². The Morgan fingerprint density at radius 3 is 2.20 bits per heavy atom. The standard InChI is InChI=1S/C19H19Cl2F3N4O2/c1-11-15(21)16(19(22,23)24)26-28(11)10-14(29)27-8-6-18(7-9-27,17(25)30)12-2-4-13(20)5-3-12/h2-5H,6-10H2,1H3,(H2,25,30). The van der Waals surface area contributed by atoms with Crippen LogP contribution in [0.3, 0.4) is 0 Å². The molecule has 0 aliphatic carbocycles. The molecule has 0 atom stereocenters. The van der Waals surface area contributed by atoms with Crippen molar-refractivity contribution in [3.05, 3.63) is 51.3 Å². The molecule has 2 heterocycles. The van der Waals surface area contributed by atoms with Crippen LogP contribution in [-0.4, -0.2) is 39.6 Å². The quantitative estimate of drug-likeness (QED) is 0.753. The van der Waals surface area contributed by atoms with Crippen molar-refractivity contribution < 1.29 is 22.8 Å². The van der Waals surface area contributed by atoms with Crippen LogP contribution in [0.2, 0.25) is 10.0 Å². The normalized spacial score (nSPS) is 16.5. The van der Waals surface area contributed by atoms with Gasteiger partial charge in [-0.05, 0) is 37.5 Å². The molecule has 30 heavy (non-hydrogen) atoms. The van der Waals surface area contributed by atoms with Gasteiger partial charge < -0.3 is 10.6 Å². The van der Waals surface area contributed by atoms with Gasteiger partial charge in [0.2, 0.25) is 11.8 Å². The van der Waals surface area contributed by atoms with Crippen LogP contribution in [0, 0.1) is 6.92 Å². The number of piperidine rings is 1. The van der Waals surface area contributed by atoms with E-state index in [2.05, 4.69) is 5.10 Å². The van der Waals surface area contributed by atoms with E-state index in [4.69, 9.17) is 28.9 Å². The Bertz CT molecular complexity index is 965. The van der Waals surface area contributed by atoms with Crippen LogP contribution < -0.4 is 5.73 Å². The molecule has 1 aromatic carbocycles. The highest BCUT2D eigenvalue weighted by atomic mass is 35.5. The van der Waals surface area contributed by atoms with Gasteiger partial charge in [0, 0.05) is 18.1 Å². The number of benzene rings is 1. The van der Waals surface area contributed by atoms with Gasteiger partial charge in [0.25, 0.3) is 0 Å². The van der Waals surface area contributed by atoms with Crippen LogP contribution in [0.1, 0.15) is 29.8 Å². The number of nitrogens with two attached hydrogens (primary N) is 1. The summed E-state index contributed by atoms with van der Waals surface area (Å²) in [6.45, 7) is 1.44. The van der Waals surface area contributed by atoms with E-state index in [1.165, 1.54) is 11.8 Å². The summed E-state index contributed by atoms with van der Waals surface area (Å²) in [5.41, 5.74) is 4.31. The molecular weight excluding hydrogens is 444 g/mol. The summed E-state index contributed by atoms with van der Waals surface area (Å²) in [6.07, 6.45) is -4.12. The molecule has 1 aliphatic rings. The number of alkyl halides is 3. The number of carbonyl (C=O) groups excluding carboxylic acids is 2. The zero-order valence-electron chi connectivity index (χ0n) is 16.0. The number of hydrogen-bond acceptors (Lipinski definition) is 3. The van der Waals surface area contributed by atoms with Crippen LogP contribution >= 0.6 is 23.2 Å². The molecule has 0 spiro atoms. The minimum atomic E-state index is -4.71. The first-order chi connectivity index (χ1) is 14.0. The predicted octanol–water partition coefficient (Wildman–Crippen LogP) is 3.56. The van der Waals surface area contributed by atoms with Gasteiger partial charge >= 0.3 is 6.18 Å². The molecule has 2 amide bonds. The largest absolute Gasteiger partial charge is 0.436 e. The van der Waals surface area contributed by atoms with Crippen LogP contribution in [0.5, 0.6) is 0 Å². The summed E-state index contributed by atoms with van der Waals surface area (Å²) in [5.74, 6) is -0.915. The number of carbonyl (C=O) groups is 2. The van der Waals surface area contributed by atoms with E-state index in [0.717, 1.165) is 10.2 Å². The van der Waals surface area contributed by atoms with E-state index in [1.54, 1.807) is 24.3 Å². The second-order valence-electron chi connectivity index (χ2n) is 7.24. The highest BCUT2D eigenvalue weighted by Crippen LogP contribution is 2.37. The molecule has 162 valence electrons. The van der Waals surface area contributed by atoms with Crippen molar-refractivity contribution >= 4 is 35.0 Å². The summed E-state index contributed by atoms with van der Waals surface area (Å²) in [7, 11) is 0. The molecule has 0 radical (unpaired) electrons. The lowest BCUT2D eigenvalue weighted by molar-refractivity contribution is -0.142. The van der Waals surface area contributed by atoms with Crippen molar-refractivity contribution in [3.63, 3.8) is 0 Å². The summed E-state index contributed by atoms with van der Waals surface area (Å²) in [4.78, 5) is 26.4. The molecule has 2 N–H and O–H groups in total. The Hall–Kier alpha value is -2.26. The molecule has 1 aromatic heterocycles. The van der Waals surface area contributed by atoms with Crippen molar-refractivity contribution in [2.45, 2.75) is 37.9 Å². The fourth-order valence-electron chi connectivity index (χ4n) is 3.67. The third-order valence-electron chi connectivity index (χ3n) is 5.53. The molecule has 0 saturated carbocycles.